The minimum Gasteiger partial charge on any atom is -0.368 e. The molecule has 2 aromatic heterocycles. The number of carbonyl (C=O) groups excluding carboxylic acids is 2. The fraction of sp³-hybridized carbons (Fsp3) is 0.182. The number of aromatic nitrogens is 2. The second-order valence-electron chi connectivity index (χ2n) is 6.54. The Morgan fingerprint density at radius 2 is 2.00 bits per heavy atom. The molecule has 2 N–H and O–H groups in total. The van der Waals surface area contributed by atoms with Gasteiger partial charge in [0.25, 0.3) is 5.91 Å². The molecule has 0 saturated heterocycles. The molecular weight excluding hydrogens is 385 g/mol. The highest BCUT2D eigenvalue weighted by Gasteiger charge is 2.16. The fourth-order valence-corrected chi connectivity index (χ4v) is 2.95. The molecule has 3 aromatic rings. The molecule has 0 unspecified atom stereocenters. The van der Waals surface area contributed by atoms with Crippen molar-refractivity contribution in [1.82, 2.24) is 15.3 Å². The molecule has 0 aliphatic heterocycles. The molecule has 154 valence electrons. The largest absolute Gasteiger partial charge is 0.368 e. The Labute approximate surface area is 174 Å². The van der Waals surface area contributed by atoms with E-state index in [1.807, 2.05) is 12.1 Å². The number of anilines is 2. The van der Waals surface area contributed by atoms with Crippen molar-refractivity contribution in [2.24, 2.45) is 0 Å². The number of halogens is 1. The zero-order valence-electron chi connectivity index (χ0n) is 16.5. The van der Waals surface area contributed by atoms with Crippen molar-refractivity contribution in [3.8, 4) is 0 Å². The summed E-state index contributed by atoms with van der Waals surface area (Å²) in [5.41, 5.74) is 2.43. The van der Waals surface area contributed by atoms with Crippen LogP contribution >= 0.6 is 0 Å². The van der Waals surface area contributed by atoms with E-state index in [0.717, 1.165) is 11.1 Å². The van der Waals surface area contributed by atoms with E-state index in [2.05, 4.69) is 20.6 Å². The van der Waals surface area contributed by atoms with Crippen LogP contribution in [0.1, 0.15) is 21.6 Å². The number of amides is 2. The maximum Gasteiger partial charge on any atom is 0.269 e. The Morgan fingerprint density at radius 3 is 2.70 bits per heavy atom. The molecular formula is C22H22FN5O2. The van der Waals surface area contributed by atoms with Gasteiger partial charge >= 0.3 is 0 Å². The molecule has 30 heavy (non-hydrogen) atoms. The summed E-state index contributed by atoms with van der Waals surface area (Å²) in [5.74, 6) is -0.236. The van der Waals surface area contributed by atoms with Crippen molar-refractivity contribution >= 4 is 23.8 Å². The van der Waals surface area contributed by atoms with Gasteiger partial charge in [-0.1, -0.05) is 18.2 Å². The number of carbonyl (C=O) groups is 2. The lowest BCUT2D eigenvalue weighted by Gasteiger charge is -2.21. The summed E-state index contributed by atoms with van der Waals surface area (Å²) in [5, 5.41) is 5.71. The van der Waals surface area contributed by atoms with E-state index in [0.29, 0.717) is 37.4 Å². The Bertz CT molecular complexity index is 1010. The van der Waals surface area contributed by atoms with Crippen molar-refractivity contribution in [2.75, 3.05) is 23.8 Å². The van der Waals surface area contributed by atoms with Crippen LogP contribution in [0.4, 0.5) is 15.9 Å². The summed E-state index contributed by atoms with van der Waals surface area (Å²) in [6, 6.07) is 13.2. The number of nitrogens with one attached hydrogen (secondary N) is 2. The van der Waals surface area contributed by atoms with E-state index in [4.69, 9.17) is 0 Å². The van der Waals surface area contributed by atoms with E-state index < -0.39 is 0 Å². The van der Waals surface area contributed by atoms with E-state index in [1.165, 1.54) is 24.1 Å². The summed E-state index contributed by atoms with van der Waals surface area (Å²) < 4.78 is 13.4. The van der Waals surface area contributed by atoms with Gasteiger partial charge in [-0.3, -0.25) is 14.6 Å². The van der Waals surface area contributed by atoms with Gasteiger partial charge in [0.05, 0.1) is 12.2 Å². The van der Waals surface area contributed by atoms with Crippen LogP contribution in [0.15, 0.2) is 60.9 Å². The molecule has 0 radical (unpaired) electrons. The zero-order chi connectivity index (χ0) is 21.3. The van der Waals surface area contributed by atoms with E-state index in [9.17, 15) is 14.0 Å². The maximum atomic E-state index is 13.4. The normalized spacial score (nSPS) is 10.3. The van der Waals surface area contributed by atoms with Crippen molar-refractivity contribution < 1.29 is 14.0 Å². The van der Waals surface area contributed by atoms with Crippen molar-refractivity contribution in [3.63, 3.8) is 0 Å². The zero-order valence-corrected chi connectivity index (χ0v) is 16.5. The number of hydrogen-bond donors (Lipinski definition) is 2. The van der Waals surface area contributed by atoms with Gasteiger partial charge in [-0.2, -0.15) is 0 Å². The molecule has 0 bridgehead atoms. The topological polar surface area (TPSA) is 87.2 Å². The summed E-state index contributed by atoms with van der Waals surface area (Å²) in [4.78, 5) is 33.8. The fourth-order valence-electron chi connectivity index (χ4n) is 2.95. The van der Waals surface area contributed by atoms with E-state index in [-0.39, 0.29) is 17.4 Å². The van der Waals surface area contributed by atoms with Gasteiger partial charge in [-0.15, -0.1) is 0 Å². The van der Waals surface area contributed by atoms with Gasteiger partial charge in [0.15, 0.2) is 5.82 Å². The predicted octanol–water partition coefficient (Wildman–Crippen LogP) is 2.79. The van der Waals surface area contributed by atoms with Crippen molar-refractivity contribution in [2.45, 2.75) is 13.0 Å². The average molecular weight is 407 g/mol. The molecule has 0 spiro atoms. The standard InChI is InChI=1S/C22H22FN5O2/c1-24-22(30)19-7-8-20(28(15-29)14-17-5-3-10-25-13-17)21(27-19)26-11-9-16-4-2-6-18(23)12-16/h2-8,10,12-13,15H,9,11,14H2,1H3,(H,24,30)(H,26,27). The van der Waals surface area contributed by atoms with Crippen LogP contribution in [-0.2, 0) is 17.8 Å². The van der Waals surface area contributed by atoms with Crippen LogP contribution in [0.3, 0.4) is 0 Å². The van der Waals surface area contributed by atoms with Crippen LogP contribution in [0.2, 0.25) is 0 Å². The molecule has 1 aromatic carbocycles. The molecule has 0 aliphatic carbocycles. The first-order valence-corrected chi connectivity index (χ1v) is 9.43. The smallest absolute Gasteiger partial charge is 0.269 e. The average Bonchev–Trinajstić information content (AvgIpc) is 2.78. The van der Waals surface area contributed by atoms with Gasteiger partial charge in [-0.05, 0) is 47.9 Å². The molecule has 0 fully saturated rings. The molecule has 0 saturated carbocycles. The third-order valence-corrected chi connectivity index (χ3v) is 4.44. The molecule has 0 aliphatic rings. The van der Waals surface area contributed by atoms with Gasteiger partial charge < -0.3 is 15.5 Å². The highest BCUT2D eigenvalue weighted by atomic mass is 19.1. The second kappa shape index (κ2) is 10.1. The molecule has 0 atom stereocenters. The van der Waals surface area contributed by atoms with Crippen molar-refractivity contribution in [3.05, 3.63) is 83.6 Å². The Morgan fingerprint density at radius 1 is 1.17 bits per heavy atom. The summed E-state index contributed by atoms with van der Waals surface area (Å²) >= 11 is 0. The number of pyridine rings is 2. The van der Waals surface area contributed by atoms with Crippen LogP contribution in [0.25, 0.3) is 0 Å². The number of rotatable bonds is 9. The predicted molar refractivity (Wildman–Crippen MR) is 113 cm³/mol. The van der Waals surface area contributed by atoms with Crippen LogP contribution in [0.5, 0.6) is 0 Å². The molecule has 8 heteroatoms. The Balaban J connectivity index is 1.83. The third-order valence-electron chi connectivity index (χ3n) is 4.44. The number of nitrogens with zero attached hydrogens (tertiary/aromatic N) is 3. The minimum atomic E-state index is -0.334. The third kappa shape index (κ3) is 5.38. The highest BCUT2D eigenvalue weighted by Crippen LogP contribution is 2.25. The molecule has 2 heterocycles. The summed E-state index contributed by atoms with van der Waals surface area (Å²) in [7, 11) is 1.52. The minimum absolute atomic E-state index is 0.224. The quantitative estimate of drug-likeness (QED) is 0.533. The second-order valence-corrected chi connectivity index (χ2v) is 6.54. The van der Waals surface area contributed by atoms with Gasteiger partial charge in [0.2, 0.25) is 6.41 Å². The first-order valence-electron chi connectivity index (χ1n) is 9.43. The van der Waals surface area contributed by atoms with Gasteiger partial charge in [0, 0.05) is 26.0 Å². The first kappa shape index (κ1) is 20.9. The molecule has 3 rings (SSSR count). The summed E-state index contributed by atoms with van der Waals surface area (Å²) in [6.07, 6.45) is 4.60. The van der Waals surface area contributed by atoms with Crippen molar-refractivity contribution in [1.29, 1.82) is 0 Å². The first-order chi connectivity index (χ1) is 14.6. The Kier molecular flexibility index (Phi) is 7.05. The lowest BCUT2D eigenvalue weighted by atomic mass is 10.1. The van der Waals surface area contributed by atoms with Gasteiger partial charge in [0.1, 0.15) is 11.5 Å². The SMILES string of the molecule is CNC(=O)c1ccc(N(C=O)Cc2cccnc2)c(NCCc2cccc(F)c2)n1. The lowest BCUT2D eigenvalue weighted by molar-refractivity contribution is -0.107. The molecule has 7 nitrogen and oxygen atoms in total. The van der Waals surface area contributed by atoms with Gasteiger partial charge in [-0.25, -0.2) is 9.37 Å². The van der Waals surface area contributed by atoms with Crippen LogP contribution in [-0.4, -0.2) is 35.9 Å². The van der Waals surface area contributed by atoms with E-state index in [1.54, 1.807) is 36.7 Å². The summed E-state index contributed by atoms with van der Waals surface area (Å²) in [6.45, 7) is 0.747. The molecule has 2 amide bonds. The van der Waals surface area contributed by atoms with Crippen LogP contribution in [0, 0.1) is 5.82 Å². The Hall–Kier alpha value is -3.81. The monoisotopic (exact) mass is 407 g/mol. The maximum absolute atomic E-state index is 13.4. The lowest BCUT2D eigenvalue weighted by Crippen LogP contribution is -2.25. The van der Waals surface area contributed by atoms with Crippen LogP contribution < -0.4 is 15.5 Å². The number of benzene rings is 1. The number of hydrogen-bond acceptors (Lipinski definition) is 5. The van der Waals surface area contributed by atoms with E-state index >= 15 is 0 Å². The highest BCUT2D eigenvalue weighted by molar-refractivity contribution is 5.94.